The molecule has 8 heteroatoms. The van der Waals surface area contributed by atoms with Crippen LogP contribution in [0.4, 0.5) is 0 Å². The summed E-state index contributed by atoms with van der Waals surface area (Å²) in [6.45, 7) is 5.36. The highest BCUT2D eigenvalue weighted by Crippen LogP contribution is 2.14. The molecule has 2 N–H and O–H groups in total. The van der Waals surface area contributed by atoms with Crippen LogP contribution in [0, 0.1) is 0 Å². The van der Waals surface area contributed by atoms with Crippen LogP contribution in [-0.2, 0) is 30.3 Å². The second-order valence-corrected chi connectivity index (χ2v) is 7.65. The van der Waals surface area contributed by atoms with Crippen molar-refractivity contribution in [3.63, 3.8) is 0 Å². The minimum absolute atomic E-state index is 0.188. The molecule has 1 aliphatic heterocycles. The number of carbonyl (C=O) groups is 4. The normalized spacial score (nSPS) is 17.4. The van der Waals surface area contributed by atoms with Gasteiger partial charge in [0.2, 0.25) is 11.8 Å². The van der Waals surface area contributed by atoms with Gasteiger partial charge in [0.05, 0.1) is 12.7 Å². The number of benzene rings is 1. The predicted molar refractivity (Wildman–Crippen MR) is 100 cm³/mol. The Bertz CT molecular complexity index is 751. The van der Waals surface area contributed by atoms with Crippen LogP contribution in [0.2, 0.25) is 0 Å². The zero-order valence-corrected chi connectivity index (χ0v) is 16.5. The van der Waals surface area contributed by atoms with Crippen molar-refractivity contribution in [2.24, 2.45) is 0 Å². The van der Waals surface area contributed by atoms with E-state index in [4.69, 9.17) is 9.47 Å². The van der Waals surface area contributed by atoms with E-state index in [9.17, 15) is 19.2 Å². The molecule has 0 radical (unpaired) electrons. The van der Waals surface area contributed by atoms with Crippen molar-refractivity contribution in [1.82, 2.24) is 10.6 Å². The second-order valence-electron chi connectivity index (χ2n) is 7.65. The van der Waals surface area contributed by atoms with Gasteiger partial charge in [-0.25, -0.2) is 9.59 Å². The molecular formula is C20H26N2O6. The van der Waals surface area contributed by atoms with Crippen molar-refractivity contribution in [3.05, 3.63) is 35.4 Å². The van der Waals surface area contributed by atoms with Crippen LogP contribution in [-0.4, -0.2) is 48.5 Å². The lowest BCUT2D eigenvalue weighted by Gasteiger charge is -2.20. The molecule has 1 aromatic rings. The van der Waals surface area contributed by atoms with Crippen LogP contribution in [0.1, 0.15) is 49.5 Å². The molecule has 0 bridgehead atoms. The Morgan fingerprint density at radius 1 is 1.21 bits per heavy atom. The fourth-order valence-electron chi connectivity index (χ4n) is 2.77. The average Bonchev–Trinajstić information content (AvgIpc) is 3.06. The van der Waals surface area contributed by atoms with E-state index < -0.39 is 35.5 Å². The lowest BCUT2D eigenvalue weighted by Crippen LogP contribution is -2.49. The Morgan fingerprint density at radius 3 is 2.36 bits per heavy atom. The van der Waals surface area contributed by atoms with Gasteiger partial charge in [-0.1, -0.05) is 12.1 Å². The number of amides is 2. The van der Waals surface area contributed by atoms with Crippen LogP contribution in [0.15, 0.2) is 24.3 Å². The summed E-state index contributed by atoms with van der Waals surface area (Å²) >= 11 is 0. The Balaban J connectivity index is 2.03. The third-order valence-electron chi connectivity index (χ3n) is 4.14. The highest BCUT2D eigenvalue weighted by atomic mass is 16.6. The van der Waals surface area contributed by atoms with E-state index in [0.29, 0.717) is 12.0 Å². The zero-order chi connectivity index (χ0) is 20.9. The summed E-state index contributed by atoms with van der Waals surface area (Å²) in [5, 5.41) is 5.19. The molecule has 1 fully saturated rings. The van der Waals surface area contributed by atoms with Crippen molar-refractivity contribution >= 4 is 23.8 Å². The molecule has 8 nitrogen and oxygen atoms in total. The van der Waals surface area contributed by atoms with Crippen molar-refractivity contribution in [3.8, 4) is 0 Å². The van der Waals surface area contributed by atoms with Crippen molar-refractivity contribution in [1.29, 1.82) is 0 Å². The molecule has 2 rings (SSSR count). The maximum Gasteiger partial charge on any atom is 0.338 e. The highest BCUT2D eigenvalue weighted by molar-refractivity contribution is 5.93. The maximum absolute atomic E-state index is 12.3. The summed E-state index contributed by atoms with van der Waals surface area (Å²) in [6.07, 6.45) is 0.865. The predicted octanol–water partition coefficient (Wildman–Crippen LogP) is 1.12. The average molecular weight is 390 g/mol. The summed E-state index contributed by atoms with van der Waals surface area (Å²) in [4.78, 5) is 47.7. The monoisotopic (exact) mass is 390 g/mol. The molecule has 28 heavy (non-hydrogen) atoms. The Kier molecular flexibility index (Phi) is 6.77. The molecule has 0 aromatic heterocycles. The van der Waals surface area contributed by atoms with Crippen LogP contribution in [0.5, 0.6) is 0 Å². The maximum atomic E-state index is 12.3. The third-order valence-corrected chi connectivity index (χ3v) is 4.14. The van der Waals surface area contributed by atoms with Gasteiger partial charge in [-0.15, -0.1) is 0 Å². The molecule has 1 aromatic carbocycles. The van der Waals surface area contributed by atoms with Gasteiger partial charge in [-0.2, -0.15) is 0 Å². The van der Waals surface area contributed by atoms with Crippen molar-refractivity contribution in [2.45, 2.75) is 57.7 Å². The van der Waals surface area contributed by atoms with Gasteiger partial charge in [-0.05, 0) is 44.9 Å². The molecule has 0 unspecified atom stereocenters. The summed E-state index contributed by atoms with van der Waals surface area (Å²) < 4.78 is 10.1. The fourth-order valence-corrected chi connectivity index (χ4v) is 2.77. The summed E-state index contributed by atoms with van der Waals surface area (Å²) in [5.74, 6) is -1.64. The fraction of sp³-hybridized carbons (Fsp3) is 0.500. The summed E-state index contributed by atoms with van der Waals surface area (Å²) in [5.41, 5.74) is 0.538. The van der Waals surface area contributed by atoms with Crippen LogP contribution in [0.25, 0.3) is 0 Å². The standard InChI is InChI=1S/C20H26N2O6/c1-20(2,3)28-18(25)13-7-5-12(6-8-13)11-15(19(26)27-4)22-17(24)14-9-10-16(23)21-14/h5-8,14-15H,9-11H2,1-4H3,(H,21,23)(H,22,24)/t14-,15+/m0/s1. The number of methoxy groups -OCH3 is 1. The van der Waals surface area contributed by atoms with Crippen LogP contribution in [0.3, 0.4) is 0 Å². The first-order chi connectivity index (χ1) is 13.1. The van der Waals surface area contributed by atoms with Crippen LogP contribution >= 0.6 is 0 Å². The number of hydrogen-bond donors (Lipinski definition) is 2. The Morgan fingerprint density at radius 2 is 1.86 bits per heavy atom. The van der Waals surface area contributed by atoms with Gasteiger partial charge in [0.1, 0.15) is 17.7 Å². The zero-order valence-electron chi connectivity index (χ0n) is 16.5. The van der Waals surface area contributed by atoms with E-state index in [1.807, 2.05) is 0 Å². The molecule has 0 spiro atoms. The van der Waals surface area contributed by atoms with Gasteiger partial charge in [-0.3, -0.25) is 9.59 Å². The molecule has 0 aliphatic carbocycles. The third kappa shape index (κ3) is 6.07. The molecule has 2 atom stereocenters. The van der Waals surface area contributed by atoms with E-state index >= 15 is 0 Å². The Labute approximate surface area is 164 Å². The van der Waals surface area contributed by atoms with Gasteiger partial charge in [0, 0.05) is 12.8 Å². The van der Waals surface area contributed by atoms with E-state index in [2.05, 4.69) is 10.6 Å². The molecule has 152 valence electrons. The molecular weight excluding hydrogens is 364 g/mol. The number of ether oxygens (including phenoxy) is 2. The summed E-state index contributed by atoms with van der Waals surface area (Å²) in [6, 6.07) is 5.06. The molecule has 1 saturated heterocycles. The number of nitrogens with one attached hydrogen (secondary N) is 2. The first-order valence-corrected chi connectivity index (χ1v) is 9.09. The smallest absolute Gasteiger partial charge is 0.338 e. The highest BCUT2D eigenvalue weighted by Gasteiger charge is 2.31. The second kappa shape index (κ2) is 8.86. The van der Waals surface area contributed by atoms with E-state index in [0.717, 1.165) is 5.56 Å². The first-order valence-electron chi connectivity index (χ1n) is 9.09. The van der Waals surface area contributed by atoms with E-state index in [-0.39, 0.29) is 18.7 Å². The topological polar surface area (TPSA) is 111 Å². The lowest BCUT2D eigenvalue weighted by atomic mass is 10.0. The van der Waals surface area contributed by atoms with Crippen LogP contribution < -0.4 is 10.6 Å². The largest absolute Gasteiger partial charge is 0.467 e. The summed E-state index contributed by atoms with van der Waals surface area (Å²) in [7, 11) is 1.24. The van der Waals surface area contributed by atoms with Gasteiger partial charge < -0.3 is 20.1 Å². The number of carbonyl (C=O) groups excluding carboxylic acids is 4. The van der Waals surface area contributed by atoms with Crippen molar-refractivity contribution in [2.75, 3.05) is 7.11 Å². The lowest BCUT2D eigenvalue weighted by molar-refractivity contribution is -0.145. The molecule has 1 heterocycles. The minimum atomic E-state index is -0.901. The van der Waals surface area contributed by atoms with Gasteiger partial charge in [0.25, 0.3) is 0 Å². The number of esters is 2. The van der Waals surface area contributed by atoms with Gasteiger partial charge >= 0.3 is 11.9 Å². The molecule has 1 aliphatic rings. The quantitative estimate of drug-likeness (QED) is 0.704. The molecule has 2 amide bonds. The van der Waals surface area contributed by atoms with Crippen molar-refractivity contribution < 1.29 is 28.7 Å². The number of hydrogen-bond acceptors (Lipinski definition) is 6. The van der Waals surface area contributed by atoms with Gasteiger partial charge in [0.15, 0.2) is 0 Å². The van der Waals surface area contributed by atoms with E-state index in [1.165, 1.54) is 7.11 Å². The first kappa shape index (κ1) is 21.4. The molecule has 0 saturated carbocycles. The SMILES string of the molecule is COC(=O)[C@@H](Cc1ccc(C(=O)OC(C)(C)C)cc1)NC(=O)[C@@H]1CCC(=O)N1. The Hall–Kier alpha value is -2.90. The van der Waals surface area contributed by atoms with E-state index in [1.54, 1.807) is 45.0 Å². The number of rotatable bonds is 6. The minimum Gasteiger partial charge on any atom is -0.467 e.